The van der Waals surface area contributed by atoms with E-state index in [9.17, 15) is 9.90 Å². The van der Waals surface area contributed by atoms with Crippen molar-refractivity contribution in [1.82, 2.24) is 4.90 Å². The Hall–Kier alpha value is -1.90. The number of hydrogen-bond donors (Lipinski definition) is 1. The van der Waals surface area contributed by atoms with Crippen LogP contribution in [-0.2, 0) is 19.9 Å². The molecule has 7 nitrogen and oxygen atoms in total. The molecule has 1 aromatic carbocycles. The normalized spacial score (nSPS) is 30.1. The van der Waals surface area contributed by atoms with Crippen LogP contribution in [0.5, 0.6) is 5.75 Å². The van der Waals surface area contributed by atoms with Gasteiger partial charge in [-0.15, -0.1) is 0 Å². The minimum atomic E-state index is -1.16. The number of piperidine rings is 2. The smallest absolute Gasteiger partial charge is 0.337 e. The first-order valence-corrected chi connectivity index (χ1v) is 11.4. The third-order valence-corrected chi connectivity index (χ3v) is 7.42. The summed E-state index contributed by atoms with van der Waals surface area (Å²) in [6.45, 7) is 3.73. The van der Waals surface area contributed by atoms with E-state index < -0.39 is 5.60 Å². The Bertz CT molecular complexity index is 946. The fourth-order valence-corrected chi connectivity index (χ4v) is 5.91. The van der Waals surface area contributed by atoms with E-state index in [0.717, 1.165) is 40.9 Å². The van der Waals surface area contributed by atoms with Crippen molar-refractivity contribution in [1.29, 1.82) is 0 Å². The topological polar surface area (TPSA) is 80.6 Å². The van der Waals surface area contributed by atoms with E-state index in [-0.39, 0.29) is 23.8 Å². The number of hydrogen-bond acceptors (Lipinski definition) is 7. The first-order valence-electron chi connectivity index (χ1n) is 10.6. The summed E-state index contributed by atoms with van der Waals surface area (Å²) in [6, 6.07) is 3.72. The third-order valence-electron chi connectivity index (χ3n) is 6.97. The van der Waals surface area contributed by atoms with Gasteiger partial charge < -0.3 is 19.3 Å². The Kier molecular flexibility index (Phi) is 6.16. The Morgan fingerprint density at radius 2 is 2.16 bits per heavy atom. The summed E-state index contributed by atoms with van der Waals surface area (Å²) in [5.74, 6) is 0.511. The van der Waals surface area contributed by atoms with Crippen LogP contribution in [0, 0.1) is 11.8 Å². The Morgan fingerprint density at radius 3 is 2.81 bits per heavy atom. The van der Waals surface area contributed by atoms with Crippen LogP contribution < -0.4 is 4.74 Å². The number of aliphatic hydroxyl groups is 1. The highest BCUT2D eigenvalue weighted by molar-refractivity contribution is 9.10. The molecule has 168 valence electrons. The maximum Gasteiger partial charge on any atom is 0.337 e. The zero-order valence-electron chi connectivity index (χ0n) is 18.4. The van der Waals surface area contributed by atoms with E-state index in [2.05, 4.69) is 27.8 Å². The second-order valence-corrected chi connectivity index (χ2v) is 9.35. The number of methoxy groups -OCH3 is 3. The van der Waals surface area contributed by atoms with Gasteiger partial charge in [-0.25, -0.2) is 4.79 Å². The van der Waals surface area contributed by atoms with Gasteiger partial charge in [0.05, 0.1) is 56.2 Å². The van der Waals surface area contributed by atoms with E-state index in [1.54, 1.807) is 14.2 Å². The van der Waals surface area contributed by atoms with Crippen LogP contribution in [0.15, 0.2) is 33.4 Å². The lowest BCUT2D eigenvalue weighted by molar-refractivity contribution is -0.137. The van der Waals surface area contributed by atoms with Crippen molar-refractivity contribution in [2.24, 2.45) is 16.8 Å². The molecular weight excluding hydrogens is 464 g/mol. The largest absolute Gasteiger partial charge is 0.504 e. The number of nitrogens with zero attached hydrogens (tertiary/aromatic N) is 2. The lowest BCUT2D eigenvalue weighted by atomic mass is 9.70. The molecule has 0 aliphatic carbocycles. The van der Waals surface area contributed by atoms with Crippen LogP contribution in [-0.4, -0.2) is 62.1 Å². The molecule has 4 atom stereocenters. The van der Waals surface area contributed by atoms with Gasteiger partial charge in [0, 0.05) is 17.6 Å². The molecule has 0 spiro atoms. The molecule has 1 N–H and O–H groups in total. The van der Waals surface area contributed by atoms with Gasteiger partial charge >= 0.3 is 5.97 Å². The van der Waals surface area contributed by atoms with Gasteiger partial charge in [-0.3, -0.25) is 9.89 Å². The van der Waals surface area contributed by atoms with Crippen LogP contribution in [0.25, 0.3) is 0 Å². The van der Waals surface area contributed by atoms with Gasteiger partial charge in [-0.1, -0.05) is 29.3 Å². The predicted octanol–water partition coefficient (Wildman–Crippen LogP) is 3.56. The van der Waals surface area contributed by atoms with Gasteiger partial charge in [-0.05, 0) is 36.8 Å². The number of halogens is 1. The molecule has 1 aromatic rings. The number of fused-ring (bicyclic) bond motifs is 5. The summed E-state index contributed by atoms with van der Waals surface area (Å²) in [5, 5.41) is 11.8. The fraction of sp³-hybridized carbons (Fsp3) is 0.565. The highest BCUT2D eigenvalue weighted by atomic mass is 79.9. The van der Waals surface area contributed by atoms with Crippen molar-refractivity contribution < 1.29 is 24.1 Å². The molecule has 2 saturated heterocycles. The van der Waals surface area contributed by atoms with Crippen LogP contribution >= 0.6 is 15.9 Å². The van der Waals surface area contributed by atoms with E-state index in [4.69, 9.17) is 19.2 Å². The lowest BCUT2D eigenvalue weighted by Crippen LogP contribution is -2.60. The van der Waals surface area contributed by atoms with Gasteiger partial charge in [0.15, 0.2) is 0 Å². The molecule has 31 heavy (non-hydrogen) atoms. The molecule has 8 heteroatoms. The molecule has 0 bridgehead atoms. The number of carbonyl (C=O) groups excluding carboxylic acids is 1. The number of rotatable bonds is 5. The Morgan fingerprint density at radius 1 is 1.39 bits per heavy atom. The Balaban J connectivity index is 1.74. The quantitative estimate of drug-likeness (QED) is 0.384. The summed E-state index contributed by atoms with van der Waals surface area (Å²) in [7, 11) is 4.54. The van der Waals surface area contributed by atoms with Crippen LogP contribution in [0.4, 0.5) is 5.69 Å². The zero-order chi connectivity index (χ0) is 22.3. The van der Waals surface area contributed by atoms with E-state index in [0.29, 0.717) is 24.2 Å². The molecule has 0 saturated carbocycles. The molecule has 3 aliphatic rings. The molecule has 3 aliphatic heterocycles. The second-order valence-electron chi connectivity index (χ2n) is 8.43. The fourth-order valence-electron chi connectivity index (χ4n) is 5.49. The predicted molar refractivity (Wildman–Crippen MR) is 121 cm³/mol. The molecule has 3 heterocycles. The van der Waals surface area contributed by atoms with Crippen molar-refractivity contribution in [2.75, 3.05) is 34.4 Å². The third kappa shape index (κ3) is 3.58. The second kappa shape index (κ2) is 8.56. The van der Waals surface area contributed by atoms with E-state index in [1.807, 2.05) is 12.1 Å². The molecule has 4 rings (SSSR count). The first kappa shape index (κ1) is 22.3. The molecule has 0 amide bonds. The first-order chi connectivity index (χ1) is 14.9. The van der Waals surface area contributed by atoms with Crippen LogP contribution in [0.3, 0.4) is 0 Å². The summed E-state index contributed by atoms with van der Waals surface area (Å²) in [4.78, 5) is 19.8. The highest BCUT2D eigenvalue weighted by Crippen LogP contribution is 2.52. The summed E-state index contributed by atoms with van der Waals surface area (Å²) in [6.07, 6.45) is 3.67. The number of aliphatic imine (C=N–C) groups is 1. The highest BCUT2D eigenvalue weighted by Gasteiger charge is 2.54. The SMILES string of the molecule is CC[C@@H]1CN2CCC3(O)C(=Nc4cc(Br)cc(OC)c43)[C@@H]2C[C@@H]1/C(=C\OC)C(=O)OC. The maximum absolute atomic E-state index is 12.5. The number of benzene rings is 1. The molecule has 0 radical (unpaired) electrons. The van der Waals surface area contributed by atoms with Crippen molar-refractivity contribution in [3.63, 3.8) is 0 Å². The molecule has 1 unspecified atom stereocenters. The van der Waals surface area contributed by atoms with Gasteiger partial charge in [0.2, 0.25) is 0 Å². The minimum absolute atomic E-state index is 0.0407. The number of ether oxygens (including phenoxy) is 3. The molecule has 0 aromatic heterocycles. The number of esters is 1. The van der Waals surface area contributed by atoms with E-state index >= 15 is 0 Å². The summed E-state index contributed by atoms with van der Waals surface area (Å²) in [5.41, 5.74) is 1.60. The van der Waals surface area contributed by atoms with Crippen molar-refractivity contribution in [3.05, 3.63) is 34.0 Å². The Labute approximate surface area is 191 Å². The maximum atomic E-state index is 12.5. The summed E-state index contributed by atoms with van der Waals surface area (Å²) < 4.78 is 16.7. The van der Waals surface area contributed by atoms with E-state index in [1.165, 1.54) is 13.4 Å². The van der Waals surface area contributed by atoms with Crippen molar-refractivity contribution >= 4 is 33.3 Å². The van der Waals surface area contributed by atoms with Gasteiger partial charge in [0.25, 0.3) is 0 Å². The average molecular weight is 493 g/mol. The van der Waals surface area contributed by atoms with Crippen molar-refractivity contribution in [2.45, 2.75) is 37.8 Å². The lowest BCUT2D eigenvalue weighted by Gasteiger charge is -2.50. The summed E-state index contributed by atoms with van der Waals surface area (Å²) >= 11 is 3.52. The van der Waals surface area contributed by atoms with Gasteiger partial charge in [0.1, 0.15) is 11.4 Å². The standard InChI is InChI=1S/C23H29BrN2O5/c1-5-13-11-26-7-6-23(28)20-17(8-14(24)9-19(20)30-3)25-21(23)18(26)10-15(13)16(12-29-2)22(27)31-4/h8-9,12-13,15,18,28H,5-7,10-11H2,1-4H3/b16-12+/t13-,15+,18+,23?/m1/s1. The molecular formula is C23H29BrN2O5. The minimum Gasteiger partial charge on any atom is -0.504 e. The number of carbonyl (C=O) groups is 1. The molecule has 2 fully saturated rings. The zero-order valence-corrected chi connectivity index (χ0v) is 19.9. The monoisotopic (exact) mass is 492 g/mol. The van der Waals surface area contributed by atoms with Crippen LogP contribution in [0.2, 0.25) is 0 Å². The van der Waals surface area contributed by atoms with Gasteiger partial charge in [-0.2, -0.15) is 0 Å². The van der Waals surface area contributed by atoms with Crippen molar-refractivity contribution in [3.8, 4) is 5.75 Å². The van der Waals surface area contributed by atoms with Crippen LogP contribution in [0.1, 0.15) is 31.7 Å². The average Bonchev–Trinajstić information content (AvgIpc) is 3.08.